The fraction of sp³-hybridized carbons (Fsp3) is 0.261. The van der Waals surface area contributed by atoms with E-state index < -0.39 is 0 Å². The number of H-pyrrole nitrogens is 2. The number of nitrogens with one attached hydrogen (secondary N) is 2. The van der Waals surface area contributed by atoms with E-state index in [1.165, 1.54) is 27.9 Å². The average Bonchev–Trinajstić information content (AvgIpc) is 3.29. The van der Waals surface area contributed by atoms with Gasteiger partial charge in [-0.05, 0) is 30.2 Å². The monoisotopic (exact) mass is 372 g/mol. The van der Waals surface area contributed by atoms with Crippen LogP contribution < -0.4 is 0 Å². The summed E-state index contributed by atoms with van der Waals surface area (Å²) in [6.45, 7) is 5.03. The van der Waals surface area contributed by atoms with Crippen molar-refractivity contribution in [2.75, 3.05) is 6.54 Å². The number of nitrogens with zero attached hydrogens (tertiary/aromatic N) is 2. The standard InChI is InChI=1S/C23H24N4O/c1-15-18-7-2-3-8-19(18)24-21(15)12-27-10-9-20-22(13-27)26-23(25-20)17-6-4-5-16(11-17)14-28/h2-8,11,24,28H,9-10,12-14H2,1H3,(H,25,26). The van der Waals surface area contributed by atoms with Gasteiger partial charge in [0.15, 0.2) is 0 Å². The van der Waals surface area contributed by atoms with E-state index >= 15 is 0 Å². The highest BCUT2D eigenvalue weighted by atomic mass is 16.3. The van der Waals surface area contributed by atoms with Crippen molar-refractivity contribution < 1.29 is 5.11 Å². The number of benzene rings is 2. The van der Waals surface area contributed by atoms with Gasteiger partial charge >= 0.3 is 0 Å². The van der Waals surface area contributed by atoms with Crippen LogP contribution in [0.2, 0.25) is 0 Å². The first-order valence-electron chi connectivity index (χ1n) is 9.78. The van der Waals surface area contributed by atoms with Crippen molar-refractivity contribution in [1.82, 2.24) is 19.9 Å². The van der Waals surface area contributed by atoms with Crippen LogP contribution in [0, 0.1) is 6.92 Å². The summed E-state index contributed by atoms with van der Waals surface area (Å²) in [5.41, 5.74) is 8.13. The van der Waals surface area contributed by atoms with E-state index in [4.69, 9.17) is 4.98 Å². The number of aliphatic hydroxyl groups is 1. The molecule has 3 heterocycles. The van der Waals surface area contributed by atoms with E-state index in [9.17, 15) is 5.11 Å². The summed E-state index contributed by atoms with van der Waals surface area (Å²) in [5, 5.41) is 10.7. The number of imidazole rings is 1. The molecule has 0 bridgehead atoms. The van der Waals surface area contributed by atoms with E-state index in [2.05, 4.69) is 46.1 Å². The number of hydrogen-bond donors (Lipinski definition) is 3. The molecule has 3 N–H and O–H groups in total. The second-order valence-electron chi connectivity index (χ2n) is 7.60. The van der Waals surface area contributed by atoms with Crippen LogP contribution in [0.15, 0.2) is 48.5 Å². The van der Waals surface area contributed by atoms with Crippen LogP contribution >= 0.6 is 0 Å². The number of para-hydroxylation sites is 1. The van der Waals surface area contributed by atoms with Crippen molar-refractivity contribution in [2.45, 2.75) is 33.0 Å². The van der Waals surface area contributed by atoms with Gasteiger partial charge in [-0.1, -0.05) is 36.4 Å². The molecule has 4 aromatic rings. The van der Waals surface area contributed by atoms with Crippen LogP contribution in [0.1, 0.15) is 28.2 Å². The lowest BCUT2D eigenvalue weighted by Gasteiger charge is -2.25. The molecule has 28 heavy (non-hydrogen) atoms. The molecule has 1 aliphatic heterocycles. The van der Waals surface area contributed by atoms with Crippen molar-refractivity contribution in [1.29, 1.82) is 0 Å². The van der Waals surface area contributed by atoms with Crippen molar-refractivity contribution in [3.8, 4) is 11.4 Å². The first kappa shape index (κ1) is 17.2. The van der Waals surface area contributed by atoms with E-state index in [0.717, 1.165) is 48.7 Å². The predicted octanol–water partition coefficient (Wildman–Crippen LogP) is 3.92. The second-order valence-corrected chi connectivity index (χ2v) is 7.60. The number of aromatic nitrogens is 3. The summed E-state index contributed by atoms with van der Waals surface area (Å²) in [6, 6.07) is 16.4. The van der Waals surface area contributed by atoms with E-state index in [0.29, 0.717) is 0 Å². The first-order chi connectivity index (χ1) is 13.7. The summed E-state index contributed by atoms with van der Waals surface area (Å²) in [6.07, 6.45) is 0.949. The minimum Gasteiger partial charge on any atom is -0.392 e. The number of aliphatic hydroxyl groups excluding tert-OH is 1. The highest BCUT2D eigenvalue weighted by Crippen LogP contribution is 2.26. The number of fused-ring (bicyclic) bond motifs is 2. The number of aromatic amines is 2. The van der Waals surface area contributed by atoms with Gasteiger partial charge in [0.05, 0.1) is 18.0 Å². The smallest absolute Gasteiger partial charge is 0.137 e. The minimum atomic E-state index is 0.0475. The number of aryl methyl sites for hydroxylation is 1. The van der Waals surface area contributed by atoms with Crippen LogP contribution in [-0.4, -0.2) is 31.5 Å². The topological polar surface area (TPSA) is 67.9 Å². The van der Waals surface area contributed by atoms with E-state index in [1.807, 2.05) is 24.3 Å². The Balaban J connectivity index is 1.37. The lowest BCUT2D eigenvalue weighted by molar-refractivity contribution is 0.239. The third kappa shape index (κ3) is 3.03. The molecule has 2 aromatic carbocycles. The fourth-order valence-electron chi connectivity index (χ4n) is 4.16. The van der Waals surface area contributed by atoms with Gasteiger partial charge in [0, 0.05) is 48.2 Å². The summed E-state index contributed by atoms with van der Waals surface area (Å²) in [4.78, 5) is 14.4. The Kier molecular flexibility index (Phi) is 4.26. The third-order valence-electron chi connectivity index (χ3n) is 5.74. The normalized spacial score (nSPS) is 14.5. The highest BCUT2D eigenvalue weighted by Gasteiger charge is 2.22. The SMILES string of the molecule is Cc1c(CN2CCc3nc(-c4cccc(CO)c4)[nH]c3C2)[nH]c2ccccc12. The van der Waals surface area contributed by atoms with Gasteiger partial charge in [-0.25, -0.2) is 4.98 Å². The summed E-state index contributed by atoms with van der Waals surface area (Å²) in [5.74, 6) is 0.893. The van der Waals surface area contributed by atoms with Crippen LogP contribution in [0.25, 0.3) is 22.3 Å². The van der Waals surface area contributed by atoms with Crippen molar-refractivity contribution in [3.05, 3.63) is 76.7 Å². The molecule has 0 amide bonds. The van der Waals surface area contributed by atoms with Crippen molar-refractivity contribution >= 4 is 10.9 Å². The number of rotatable bonds is 4. The summed E-state index contributed by atoms with van der Waals surface area (Å²) >= 11 is 0. The molecule has 5 heteroatoms. The maximum Gasteiger partial charge on any atom is 0.137 e. The number of hydrogen-bond acceptors (Lipinski definition) is 3. The quantitative estimate of drug-likeness (QED) is 0.509. The maximum absolute atomic E-state index is 9.38. The second kappa shape index (κ2) is 6.93. The maximum atomic E-state index is 9.38. The van der Waals surface area contributed by atoms with Crippen LogP contribution in [0.3, 0.4) is 0 Å². The molecule has 0 radical (unpaired) electrons. The molecule has 0 saturated heterocycles. The molecular weight excluding hydrogens is 348 g/mol. The molecule has 0 aliphatic carbocycles. The van der Waals surface area contributed by atoms with Gasteiger partial charge in [0.1, 0.15) is 5.82 Å². The summed E-state index contributed by atoms with van der Waals surface area (Å²) < 4.78 is 0. The Hall–Kier alpha value is -2.89. The van der Waals surface area contributed by atoms with Crippen LogP contribution in [0.4, 0.5) is 0 Å². The van der Waals surface area contributed by atoms with Gasteiger partial charge in [0.2, 0.25) is 0 Å². The molecule has 142 valence electrons. The first-order valence-corrected chi connectivity index (χ1v) is 9.78. The molecular formula is C23H24N4O. The summed E-state index contributed by atoms with van der Waals surface area (Å²) in [7, 11) is 0. The van der Waals surface area contributed by atoms with Crippen molar-refractivity contribution in [2.24, 2.45) is 0 Å². The molecule has 0 spiro atoms. The minimum absolute atomic E-state index is 0.0475. The zero-order chi connectivity index (χ0) is 19.1. The molecule has 5 nitrogen and oxygen atoms in total. The lowest BCUT2D eigenvalue weighted by Crippen LogP contribution is -2.30. The molecule has 2 aromatic heterocycles. The zero-order valence-electron chi connectivity index (χ0n) is 16.0. The largest absolute Gasteiger partial charge is 0.392 e. The molecule has 5 rings (SSSR count). The van der Waals surface area contributed by atoms with E-state index in [1.54, 1.807) is 0 Å². The third-order valence-corrected chi connectivity index (χ3v) is 5.74. The predicted molar refractivity (Wildman–Crippen MR) is 111 cm³/mol. The molecule has 0 unspecified atom stereocenters. The zero-order valence-corrected chi connectivity index (χ0v) is 16.0. The Morgan fingerprint density at radius 2 is 2.00 bits per heavy atom. The Bertz CT molecular complexity index is 1140. The average molecular weight is 372 g/mol. The fourth-order valence-corrected chi connectivity index (χ4v) is 4.16. The van der Waals surface area contributed by atoms with Crippen LogP contribution in [-0.2, 0) is 26.1 Å². The van der Waals surface area contributed by atoms with Crippen LogP contribution in [0.5, 0.6) is 0 Å². The van der Waals surface area contributed by atoms with Gasteiger partial charge in [0.25, 0.3) is 0 Å². The Morgan fingerprint density at radius 1 is 1.11 bits per heavy atom. The lowest BCUT2D eigenvalue weighted by atomic mass is 10.1. The van der Waals surface area contributed by atoms with Gasteiger partial charge in [-0.2, -0.15) is 0 Å². The van der Waals surface area contributed by atoms with Crippen molar-refractivity contribution in [3.63, 3.8) is 0 Å². The molecule has 0 saturated carbocycles. The molecule has 0 fully saturated rings. The molecule has 1 aliphatic rings. The highest BCUT2D eigenvalue weighted by molar-refractivity contribution is 5.84. The van der Waals surface area contributed by atoms with E-state index in [-0.39, 0.29) is 6.61 Å². The van der Waals surface area contributed by atoms with Gasteiger partial charge in [-0.3, -0.25) is 4.90 Å². The van der Waals surface area contributed by atoms with Gasteiger partial charge < -0.3 is 15.1 Å². The molecule has 0 atom stereocenters. The van der Waals surface area contributed by atoms with Gasteiger partial charge in [-0.15, -0.1) is 0 Å². The Morgan fingerprint density at radius 3 is 2.86 bits per heavy atom. The Labute approximate surface area is 164 Å².